The van der Waals surface area contributed by atoms with Crippen molar-refractivity contribution < 1.29 is 14.0 Å². The van der Waals surface area contributed by atoms with E-state index in [4.69, 9.17) is 31.2 Å². The van der Waals surface area contributed by atoms with Crippen molar-refractivity contribution in [2.45, 2.75) is 26.8 Å². The van der Waals surface area contributed by atoms with Gasteiger partial charge < -0.3 is 24.2 Å². The number of benzene rings is 2. The molecule has 0 spiro atoms. The number of aryl methyl sites for hydroxylation is 2. The van der Waals surface area contributed by atoms with Gasteiger partial charge in [-0.25, -0.2) is 0 Å². The summed E-state index contributed by atoms with van der Waals surface area (Å²) in [6, 6.07) is 11.7. The molecule has 8 heteroatoms. The van der Waals surface area contributed by atoms with E-state index in [9.17, 15) is 0 Å². The first-order valence-electron chi connectivity index (χ1n) is 10.9. The van der Waals surface area contributed by atoms with E-state index in [1.807, 2.05) is 36.1 Å². The zero-order valence-electron chi connectivity index (χ0n) is 20.0. The maximum atomic E-state index is 5.80. The van der Waals surface area contributed by atoms with Crippen LogP contribution in [0.15, 0.2) is 59.3 Å². The Bertz CT molecular complexity index is 1280. The van der Waals surface area contributed by atoms with Crippen molar-refractivity contribution in [2.24, 2.45) is 0 Å². The smallest absolute Gasteiger partial charge is 0.258 e. The van der Waals surface area contributed by atoms with E-state index >= 15 is 0 Å². The highest BCUT2D eigenvalue weighted by Gasteiger charge is 2.33. The van der Waals surface area contributed by atoms with E-state index in [0.29, 0.717) is 34.9 Å². The first-order valence-corrected chi connectivity index (χ1v) is 11.3. The minimum atomic E-state index is -0.230. The molecule has 0 aliphatic carbocycles. The first-order chi connectivity index (χ1) is 16.4. The molecule has 0 amide bonds. The third kappa shape index (κ3) is 4.28. The Labute approximate surface area is 205 Å². The van der Waals surface area contributed by atoms with E-state index in [1.165, 1.54) is 11.1 Å². The van der Waals surface area contributed by atoms with E-state index < -0.39 is 0 Å². The predicted molar refractivity (Wildman–Crippen MR) is 137 cm³/mol. The highest BCUT2D eigenvalue weighted by molar-refractivity contribution is 7.80. The molecule has 7 nitrogen and oxygen atoms in total. The standard InChI is InChI=1S/C26H28N4O3S/c1-7-12-30-17(4)22(23(27-26(30)34)18-9-8-15(2)16(3)13-18)25-28-24(29-33-25)19-10-11-20(31-5)21(14-19)32-6/h7-11,13-14,23H,1,12H2,2-6H3,(H,27,34). The first kappa shape index (κ1) is 23.5. The minimum absolute atomic E-state index is 0.230. The molecule has 3 aromatic rings. The molecule has 1 aliphatic heterocycles. The molecule has 0 saturated heterocycles. The van der Waals surface area contributed by atoms with Crippen LogP contribution in [0.3, 0.4) is 0 Å². The van der Waals surface area contributed by atoms with Crippen LogP contribution in [-0.4, -0.2) is 40.9 Å². The van der Waals surface area contributed by atoms with Crippen molar-refractivity contribution in [3.8, 4) is 22.9 Å². The summed E-state index contributed by atoms with van der Waals surface area (Å²) in [5.74, 6) is 2.11. The van der Waals surface area contributed by atoms with Gasteiger partial charge in [0.2, 0.25) is 5.82 Å². The largest absolute Gasteiger partial charge is 0.493 e. The molecule has 1 unspecified atom stereocenters. The lowest BCUT2D eigenvalue weighted by atomic mass is 9.92. The summed E-state index contributed by atoms with van der Waals surface area (Å²) in [6.45, 7) is 10.6. The molecule has 1 atom stereocenters. The highest BCUT2D eigenvalue weighted by atomic mass is 32.1. The molecule has 0 bridgehead atoms. The van der Waals surface area contributed by atoms with Gasteiger partial charge in [-0.3, -0.25) is 0 Å². The van der Waals surface area contributed by atoms with Crippen molar-refractivity contribution in [3.05, 3.63) is 77.3 Å². The van der Waals surface area contributed by atoms with Gasteiger partial charge in [0, 0.05) is 17.8 Å². The second-order valence-electron chi connectivity index (χ2n) is 8.12. The quantitative estimate of drug-likeness (QED) is 0.368. The van der Waals surface area contributed by atoms with Crippen molar-refractivity contribution in [1.29, 1.82) is 0 Å². The number of nitrogens with zero attached hydrogens (tertiary/aromatic N) is 3. The van der Waals surface area contributed by atoms with E-state index in [1.54, 1.807) is 14.2 Å². The zero-order valence-corrected chi connectivity index (χ0v) is 20.8. The summed E-state index contributed by atoms with van der Waals surface area (Å²) in [5, 5.41) is 8.35. The molecule has 2 aromatic carbocycles. The van der Waals surface area contributed by atoms with Crippen LogP contribution in [0.25, 0.3) is 17.0 Å². The molecule has 1 aromatic heterocycles. The Balaban J connectivity index is 1.82. The van der Waals surface area contributed by atoms with Crippen molar-refractivity contribution in [1.82, 2.24) is 20.4 Å². The fraction of sp³-hybridized carbons (Fsp3) is 0.269. The summed E-state index contributed by atoms with van der Waals surface area (Å²) in [6.07, 6.45) is 1.81. The Kier molecular flexibility index (Phi) is 6.70. The van der Waals surface area contributed by atoms with Crippen LogP contribution in [0, 0.1) is 13.8 Å². The van der Waals surface area contributed by atoms with Gasteiger partial charge in [0.05, 0.1) is 25.8 Å². The van der Waals surface area contributed by atoms with Crippen LogP contribution in [0.5, 0.6) is 11.5 Å². The maximum absolute atomic E-state index is 5.80. The third-order valence-corrected chi connectivity index (χ3v) is 6.41. The number of allylic oxidation sites excluding steroid dienone is 1. The Morgan fingerprint density at radius 3 is 2.53 bits per heavy atom. The molecule has 4 rings (SSSR count). The molecule has 0 saturated carbocycles. The van der Waals surface area contributed by atoms with E-state index in [0.717, 1.165) is 22.4 Å². The SMILES string of the molecule is C=CCN1C(=S)NC(c2ccc(C)c(C)c2)C(c2nc(-c3ccc(OC)c(OC)c3)no2)=C1C. The van der Waals surface area contributed by atoms with Gasteiger partial charge in [0.1, 0.15) is 0 Å². The van der Waals surface area contributed by atoms with Crippen molar-refractivity contribution >= 4 is 22.9 Å². The zero-order chi connectivity index (χ0) is 24.4. The lowest BCUT2D eigenvalue weighted by Gasteiger charge is -2.37. The van der Waals surface area contributed by atoms with Gasteiger partial charge in [-0.05, 0) is 67.9 Å². The summed E-state index contributed by atoms with van der Waals surface area (Å²) < 4.78 is 16.6. The van der Waals surface area contributed by atoms with Gasteiger partial charge >= 0.3 is 0 Å². The van der Waals surface area contributed by atoms with E-state index in [2.05, 4.69) is 49.1 Å². The molecule has 176 valence electrons. The highest BCUT2D eigenvalue weighted by Crippen LogP contribution is 2.38. The van der Waals surface area contributed by atoms with Gasteiger partial charge in [-0.1, -0.05) is 29.4 Å². The van der Waals surface area contributed by atoms with Crippen LogP contribution in [0.2, 0.25) is 0 Å². The summed E-state index contributed by atoms with van der Waals surface area (Å²) in [5.41, 5.74) is 6.07. The van der Waals surface area contributed by atoms with Gasteiger partial charge in [0.15, 0.2) is 16.6 Å². The number of methoxy groups -OCH3 is 2. The fourth-order valence-electron chi connectivity index (χ4n) is 4.03. The van der Waals surface area contributed by atoms with Crippen LogP contribution in [0.4, 0.5) is 0 Å². The molecule has 2 heterocycles. The number of nitrogens with one attached hydrogen (secondary N) is 1. The van der Waals surface area contributed by atoms with Gasteiger partial charge in [-0.15, -0.1) is 6.58 Å². The lowest BCUT2D eigenvalue weighted by molar-refractivity contribution is 0.355. The third-order valence-electron chi connectivity index (χ3n) is 6.07. The fourth-order valence-corrected chi connectivity index (χ4v) is 4.36. The van der Waals surface area contributed by atoms with Crippen molar-refractivity contribution in [2.75, 3.05) is 20.8 Å². The number of aromatic nitrogens is 2. The molecular formula is C26H28N4O3S. The van der Waals surface area contributed by atoms with Crippen LogP contribution in [0.1, 0.15) is 35.5 Å². The maximum Gasteiger partial charge on any atom is 0.258 e. The van der Waals surface area contributed by atoms with Crippen LogP contribution >= 0.6 is 12.2 Å². The topological polar surface area (TPSA) is 72.7 Å². The number of hydrogen-bond acceptors (Lipinski definition) is 6. The average Bonchev–Trinajstić information content (AvgIpc) is 3.32. The number of rotatable bonds is 7. The normalized spacial score (nSPS) is 15.9. The Morgan fingerprint density at radius 2 is 1.85 bits per heavy atom. The molecule has 1 N–H and O–H groups in total. The number of thiocarbonyl (C=S) groups is 1. The average molecular weight is 477 g/mol. The van der Waals surface area contributed by atoms with E-state index in [-0.39, 0.29) is 6.04 Å². The van der Waals surface area contributed by atoms with Crippen LogP contribution < -0.4 is 14.8 Å². The second-order valence-corrected chi connectivity index (χ2v) is 8.50. The van der Waals surface area contributed by atoms with Crippen LogP contribution in [-0.2, 0) is 0 Å². The lowest BCUT2D eigenvalue weighted by Crippen LogP contribution is -2.45. The molecule has 0 radical (unpaired) electrons. The Morgan fingerprint density at radius 1 is 1.09 bits per heavy atom. The molecule has 0 fully saturated rings. The van der Waals surface area contributed by atoms with Gasteiger partial charge in [-0.2, -0.15) is 4.98 Å². The predicted octanol–water partition coefficient (Wildman–Crippen LogP) is 5.22. The number of ether oxygens (including phenoxy) is 2. The summed E-state index contributed by atoms with van der Waals surface area (Å²) >= 11 is 5.68. The number of hydrogen-bond donors (Lipinski definition) is 1. The summed E-state index contributed by atoms with van der Waals surface area (Å²) in [7, 11) is 3.19. The van der Waals surface area contributed by atoms with Crippen molar-refractivity contribution in [3.63, 3.8) is 0 Å². The van der Waals surface area contributed by atoms with Gasteiger partial charge in [0.25, 0.3) is 5.89 Å². The Hall–Kier alpha value is -3.65. The second kappa shape index (κ2) is 9.69. The minimum Gasteiger partial charge on any atom is -0.493 e. The molecular weight excluding hydrogens is 448 g/mol. The molecule has 1 aliphatic rings. The summed E-state index contributed by atoms with van der Waals surface area (Å²) in [4.78, 5) is 6.73. The molecule has 34 heavy (non-hydrogen) atoms. The monoisotopic (exact) mass is 476 g/mol.